The topological polar surface area (TPSA) is 114 Å². The molecule has 1 heterocycles. The Hall–Kier alpha value is -4.66. The molecule has 0 radical (unpaired) electrons. The summed E-state index contributed by atoms with van der Waals surface area (Å²) in [6.45, 7) is 2.15. The molecule has 0 spiro atoms. The van der Waals surface area contributed by atoms with Gasteiger partial charge in [0.05, 0.1) is 43.5 Å². The van der Waals surface area contributed by atoms with Gasteiger partial charge in [-0.15, -0.1) is 0 Å². The van der Waals surface area contributed by atoms with Gasteiger partial charge in [-0.25, -0.2) is 0 Å². The van der Waals surface area contributed by atoms with Crippen LogP contribution in [0.3, 0.4) is 0 Å². The van der Waals surface area contributed by atoms with Crippen LogP contribution in [0.25, 0.3) is 0 Å². The van der Waals surface area contributed by atoms with Crippen LogP contribution in [0.15, 0.2) is 66.7 Å². The molecule has 4 amide bonds. The molecular weight excluding hydrogens is 462 g/mol. The molecule has 4 rings (SSSR count). The van der Waals surface area contributed by atoms with Crippen molar-refractivity contribution in [2.45, 2.75) is 13.5 Å². The molecule has 0 atom stereocenters. The van der Waals surface area contributed by atoms with Crippen molar-refractivity contribution in [1.29, 1.82) is 0 Å². The lowest BCUT2D eigenvalue weighted by atomic mass is 10.1. The number of carbonyl (C=O) groups excluding carboxylic acids is 4. The third-order valence-corrected chi connectivity index (χ3v) is 5.59. The molecule has 0 fully saturated rings. The van der Waals surface area contributed by atoms with Crippen LogP contribution in [0.2, 0.25) is 0 Å². The number of hydrogen-bond donors (Lipinski definition) is 2. The molecule has 2 N–H and O–H groups in total. The second-order valence-corrected chi connectivity index (χ2v) is 7.96. The lowest BCUT2D eigenvalue weighted by Crippen LogP contribution is -2.33. The summed E-state index contributed by atoms with van der Waals surface area (Å²) in [5.41, 5.74) is 2.02. The molecule has 36 heavy (non-hydrogen) atoms. The van der Waals surface area contributed by atoms with E-state index < -0.39 is 11.8 Å². The highest BCUT2D eigenvalue weighted by molar-refractivity contribution is 6.21. The van der Waals surface area contributed by atoms with Crippen LogP contribution >= 0.6 is 0 Å². The maximum Gasteiger partial charge on any atom is 0.261 e. The van der Waals surface area contributed by atoms with E-state index in [2.05, 4.69) is 10.6 Å². The zero-order chi connectivity index (χ0) is 25.7. The highest BCUT2D eigenvalue weighted by atomic mass is 16.5. The molecule has 0 unspecified atom stereocenters. The predicted octanol–water partition coefficient (Wildman–Crippen LogP) is 3.26. The van der Waals surface area contributed by atoms with E-state index in [4.69, 9.17) is 9.47 Å². The van der Waals surface area contributed by atoms with Gasteiger partial charge in [0.15, 0.2) is 0 Å². The van der Waals surface area contributed by atoms with Gasteiger partial charge in [-0.05, 0) is 61.0 Å². The Morgan fingerprint density at radius 1 is 0.917 bits per heavy atom. The standard InChI is InChI=1S/C27H25N3O6/c1-3-36-19-11-9-18(10-12-19)29-24(31)15-28-25(32)22-14-17(8-13-23(22)35-2)16-30-26(33)20-6-4-5-7-21(20)27(30)34/h4-14H,3,15-16H2,1-2H3,(H,28,32)(H,29,31). The summed E-state index contributed by atoms with van der Waals surface area (Å²) >= 11 is 0. The van der Waals surface area contributed by atoms with Gasteiger partial charge in [0, 0.05) is 5.69 Å². The summed E-state index contributed by atoms with van der Waals surface area (Å²) in [4.78, 5) is 51.7. The molecule has 1 aliphatic heterocycles. The fourth-order valence-electron chi connectivity index (χ4n) is 3.86. The number of benzene rings is 3. The van der Waals surface area contributed by atoms with Crippen molar-refractivity contribution in [3.8, 4) is 11.5 Å². The molecule has 9 heteroatoms. The van der Waals surface area contributed by atoms with Gasteiger partial charge >= 0.3 is 0 Å². The first-order chi connectivity index (χ1) is 17.4. The van der Waals surface area contributed by atoms with E-state index in [1.807, 2.05) is 6.92 Å². The Balaban J connectivity index is 1.41. The van der Waals surface area contributed by atoms with Gasteiger partial charge in [-0.2, -0.15) is 0 Å². The van der Waals surface area contributed by atoms with Crippen molar-refractivity contribution in [3.63, 3.8) is 0 Å². The Labute approximate surface area is 208 Å². The van der Waals surface area contributed by atoms with E-state index in [-0.39, 0.29) is 30.5 Å². The second-order valence-electron chi connectivity index (χ2n) is 7.96. The van der Waals surface area contributed by atoms with Crippen LogP contribution in [-0.2, 0) is 11.3 Å². The van der Waals surface area contributed by atoms with E-state index >= 15 is 0 Å². The van der Waals surface area contributed by atoms with Crippen LogP contribution < -0.4 is 20.1 Å². The van der Waals surface area contributed by atoms with Gasteiger partial charge < -0.3 is 20.1 Å². The fourth-order valence-corrected chi connectivity index (χ4v) is 3.86. The van der Waals surface area contributed by atoms with Crippen molar-refractivity contribution in [2.75, 3.05) is 25.6 Å². The highest BCUT2D eigenvalue weighted by Gasteiger charge is 2.35. The van der Waals surface area contributed by atoms with Gasteiger partial charge in [0.2, 0.25) is 5.91 Å². The summed E-state index contributed by atoms with van der Waals surface area (Å²) in [5.74, 6) is -0.721. The van der Waals surface area contributed by atoms with Gasteiger partial charge in [0.1, 0.15) is 11.5 Å². The molecule has 0 saturated heterocycles. The van der Waals surface area contributed by atoms with Crippen LogP contribution in [0.5, 0.6) is 11.5 Å². The third kappa shape index (κ3) is 5.20. The number of ether oxygens (including phenoxy) is 2. The fraction of sp³-hybridized carbons (Fsp3) is 0.185. The molecule has 0 aromatic heterocycles. The van der Waals surface area contributed by atoms with E-state index in [9.17, 15) is 19.2 Å². The summed E-state index contributed by atoms with van der Waals surface area (Å²) in [6, 6.07) is 18.3. The Bertz CT molecular complexity index is 1280. The van der Waals surface area contributed by atoms with E-state index in [1.54, 1.807) is 66.7 Å². The third-order valence-electron chi connectivity index (χ3n) is 5.59. The maximum atomic E-state index is 12.9. The van der Waals surface area contributed by atoms with Crippen molar-refractivity contribution >= 4 is 29.3 Å². The Morgan fingerprint density at radius 2 is 1.58 bits per heavy atom. The second kappa shape index (κ2) is 10.7. The van der Waals surface area contributed by atoms with Crippen LogP contribution in [0, 0.1) is 0 Å². The Morgan fingerprint density at radius 3 is 2.19 bits per heavy atom. The zero-order valence-corrected chi connectivity index (χ0v) is 19.9. The molecule has 184 valence electrons. The first-order valence-corrected chi connectivity index (χ1v) is 11.3. The van der Waals surface area contributed by atoms with Crippen LogP contribution in [0.4, 0.5) is 5.69 Å². The number of carbonyl (C=O) groups is 4. The number of imide groups is 1. The number of rotatable bonds is 9. The SMILES string of the molecule is CCOc1ccc(NC(=O)CNC(=O)c2cc(CN3C(=O)c4ccccc4C3=O)ccc2OC)cc1. The molecule has 0 saturated carbocycles. The molecule has 3 aromatic carbocycles. The van der Waals surface area contributed by atoms with E-state index in [0.717, 1.165) is 4.90 Å². The quantitative estimate of drug-likeness (QED) is 0.448. The lowest BCUT2D eigenvalue weighted by molar-refractivity contribution is -0.115. The zero-order valence-electron chi connectivity index (χ0n) is 19.9. The lowest BCUT2D eigenvalue weighted by Gasteiger charge is -2.16. The van der Waals surface area contributed by atoms with E-state index in [0.29, 0.717) is 40.5 Å². The van der Waals surface area contributed by atoms with Gasteiger partial charge in [-0.1, -0.05) is 18.2 Å². The Kier molecular flexibility index (Phi) is 7.29. The molecule has 3 aromatic rings. The van der Waals surface area contributed by atoms with Gasteiger partial charge in [-0.3, -0.25) is 24.1 Å². The minimum atomic E-state index is -0.530. The monoisotopic (exact) mass is 487 g/mol. The summed E-state index contributed by atoms with van der Waals surface area (Å²) in [7, 11) is 1.43. The van der Waals surface area contributed by atoms with Crippen molar-refractivity contribution < 1.29 is 28.7 Å². The number of methoxy groups -OCH3 is 1. The highest BCUT2D eigenvalue weighted by Crippen LogP contribution is 2.26. The van der Waals surface area contributed by atoms with Crippen LogP contribution in [-0.4, -0.2) is 48.8 Å². The first kappa shape index (κ1) is 24.5. The number of nitrogens with one attached hydrogen (secondary N) is 2. The molecule has 0 aliphatic carbocycles. The predicted molar refractivity (Wildman–Crippen MR) is 132 cm³/mol. The first-order valence-electron chi connectivity index (χ1n) is 11.3. The average molecular weight is 488 g/mol. The molecule has 0 bridgehead atoms. The largest absolute Gasteiger partial charge is 0.496 e. The van der Waals surface area contributed by atoms with Crippen molar-refractivity contribution in [3.05, 3.63) is 89.0 Å². The number of hydrogen-bond acceptors (Lipinski definition) is 6. The van der Waals surface area contributed by atoms with Crippen molar-refractivity contribution in [2.24, 2.45) is 0 Å². The smallest absolute Gasteiger partial charge is 0.261 e. The number of nitrogens with zero attached hydrogens (tertiary/aromatic N) is 1. The molecule has 1 aliphatic rings. The summed E-state index contributed by atoms with van der Waals surface area (Å²) in [6.07, 6.45) is 0. The average Bonchev–Trinajstić information content (AvgIpc) is 3.13. The molecule has 9 nitrogen and oxygen atoms in total. The minimum Gasteiger partial charge on any atom is -0.496 e. The van der Waals surface area contributed by atoms with E-state index in [1.165, 1.54) is 7.11 Å². The molecular formula is C27H25N3O6. The number of fused-ring (bicyclic) bond motifs is 1. The number of amides is 4. The number of anilines is 1. The van der Waals surface area contributed by atoms with Crippen LogP contribution in [0.1, 0.15) is 43.6 Å². The minimum absolute atomic E-state index is 0.00511. The summed E-state index contributed by atoms with van der Waals surface area (Å²) < 4.78 is 10.7. The maximum absolute atomic E-state index is 12.9. The van der Waals surface area contributed by atoms with Crippen molar-refractivity contribution in [1.82, 2.24) is 10.2 Å². The van der Waals surface area contributed by atoms with Gasteiger partial charge in [0.25, 0.3) is 17.7 Å². The summed E-state index contributed by atoms with van der Waals surface area (Å²) in [5, 5.41) is 5.28. The normalized spacial score (nSPS) is 12.2.